The predicted molar refractivity (Wildman–Crippen MR) is 262 cm³/mol. The summed E-state index contributed by atoms with van der Waals surface area (Å²) in [7, 11) is 0. The van der Waals surface area contributed by atoms with Gasteiger partial charge in [-0.25, -0.2) is 0 Å². The molecule has 12 heteroatoms. The minimum atomic E-state index is -4.40. The van der Waals surface area contributed by atoms with Crippen LogP contribution in [0.15, 0.2) is 0 Å². The van der Waals surface area contributed by atoms with Gasteiger partial charge >= 0.3 is 24.7 Å². The molecule has 0 saturated carbocycles. The molecule has 0 aliphatic carbocycles. The standard InChI is InChI=1S/2C6H11F3.2C5H12.2C4H7F3.4C4H10.C3H8.C2H6/c2*1-3-5(2)4-6(7,8)9;1-4-5(2)3;1-3-5-4-2;2*1-3(2)4(5,6)7;2*1-4(2)3;2*1-3-4-2;1-3-2;1-2/h2*5H,3-4H2,1-2H3;5H,4H2,1-3H3;3-5H2,1-2H3;2*3H,1-2H3;2*4H,1-3H3;2*3-4H2,1-2H3;3H2,1-2H3;1-2H3/i;;;;3D;;4D;;3D2;;;. The maximum absolute atomic E-state index is 11.5. The summed E-state index contributed by atoms with van der Waals surface area (Å²) in [6.07, 6.45) is -7.54. The molecule has 2 atom stereocenters. The maximum atomic E-state index is 11.5. The second-order valence-corrected chi connectivity index (χ2v) is 16.7. The highest BCUT2D eigenvalue weighted by atomic mass is 19.4. The Hall–Kier alpha value is -0.840. The van der Waals surface area contributed by atoms with Crippen LogP contribution in [-0.2, 0) is 0 Å². The molecule has 2 unspecified atom stereocenters. The summed E-state index contributed by atoms with van der Waals surface area (Å²) in [5.41, 5.74) is 0. The predicted octanol–water partition coefficient (Wildman–Crippen LogP) is 24.0. The SMILES string of the molecule is CC.CC(C)C.CC(C)C(F)(F)F.CCC.CCC(C)C.CCC(C)CC(F)(F)F.CCC(C)CC(F)(F)F.CCCC.CCCCC.[2H]C(C)(C)C.[2H]C(C)(C)C(F)(F)F.[2H]C([2H])(C)CC. The fourth-order valence-electron chi connectivity index (χ4n) is 1.43. The quantitative estimate of drug-likeness (QED) is 0.202. The molecule has 0 saturated heterocycles. The van der Waals surface area contributed by atoms with Crippen LogP contribution in [0.4, 0.5) is 52.7 Å². The van der Waals surface area contributed by atoms with Crippen molar-refractivity contribution in [1.82, 2.24) is 0 Å². The molecule has 63 heavy (non-hydrogen) atoms. The molecule has 0 aromatic carbocycles. The zero-order valence-corrected chi connectivity index (χ0v) is 46.4. The lowest BCUT2D eigenvalue weighted by molar-refractivity contribution is -0.165. The normalized spacial score (nSPS) is 12.7. The van der Waals surface area contributed by atoms with E-state index in [4.69, 9.17) is 5.48 Å². The lowest BCUT2D eigenvalue weighted by Gasteiger charge is -2.10. The monoisotopic (exact) mass is 959 g/mol. The third kappa shape index (κ3) is 220. The fourth-order valence-corrected chi connectivity index (χ4v) is 1.43. The Balaban J connectivity index is -0.0000000502. The largest absolute Gasteiger partial charge is 0.391 e. The molecule has 0 aliphatic rings. The molecular weight excluding hydrogens is 841 g/mol. The molecule has 0 N–H and O–H groups in total. The van der Waals surface area contributed by atoms with Crippen LogP contribution in [-0.4, -0.2) is 24.7 Å². The Morgan fingerprint density at radius 1 is 0.413 bits per heavy atom. The highest BCUT2D eigenvalue weighted by molar-refractivity contribution is 4.57. The molecule has 0 aliphatic heterocycles. The van der Waals surface area contributed by atoms with Crippen molar-refractivity contribution >= 4 is 0 Å². The number of hydrogen-bond donors (Lipinski definition) is 0. The number of unbranched alkanes of at least 4 members (excludes halogenated alkanes) is 3. The van der Waals surface area contributed by atoms with E-state index in [1.54, 1.807) is 34.6 Å². The van der Waals surface area contributed by atoms with Gasteiger partial charge < -0.3 is 0 Å². The molecule has 0 radical (unpaired) electrons. The van der Waals surface area contributed by atoms with Gasteiger partial charge in [0.1, 0.15) is 0 Å². The van der Waals surface area contributed by atoms with Gasteiger partial charge in [0.15, 0.2) is 0 Å². The van der Waals surface area contributed by atoms with E-state index in [0.717, 1.165) is 39.5 Å². The van der Waals surface area contributed by atoms with Crippen LogP contribution in [0.3, 0.4) is 0 Å². The fraction of sp³-hybridized carbons (Fsp3) is 1.00. The maximum Gasteiger partial charge on any atom is 0.391 e. The summed E-state index contributed by atoms with van der Waals surface area (Å²) in [6, 6.07) is 0. The summed E-state index contributed by atoms with van der Waals surface area (Å²) in [5.74, 6) is -2.51. The van der Waals surface area contributed by atoms with Gasteiger partial charge in [0.2, 0.25) is 0 Å². The highest BCUT2D eigenvalue weighted by Gasteiger charge is 2.32. The number of alkyl halides is 12. The van der Waals surface area contributed by atoms with Gasteiger partial charge in [-0.2, -0.15) is 52.7 Å². The van der Waals surface area contributed by atoms with Crippen molar-refractivity contribution in [2.75, 3.05) is 0 Å². The molecule has 0 aromatic heterocycles. The molecule has 0 bridgehead atoms. The first-order valence-corrected chi connectivity index (χ1v) is 23.7. The third-order valence-electron chi connectivity index (χ3n) is 6.15. The summed E-state index contributed by atoms with van der Waals surface area (Å²) in [5, 5.41) is 0. The number of halogens is 12. The Bertz CT molecular complexity index is 790. The van der Waals surface area contributed by atoms with Gasteiger partial charge in [0, 0.05) is 30.1 Å². The average molecular weight is 959 g/mol. The molecule has 0 spiro atoms. The second kappa shape index (κ2) is 67.7. The minimum Gasteiger partial charge on any atom is -0.171 e. The van der Waals surface area contributed by atoms with Crippen LogP contribution >= 0.6 is 0 Å². The van der Waals surface area contributed by atoms with Crippen LogP contribution in [0.1, 0.15) is 276 Å². The van der Waals surface area contributed by atoms with Crippen molar-refractivity contribution in [2.45, 2.75) is 295 Å². The Labute approximate surface area is 394 Å². The summed E-state index contributed by atoms with van der Waals surface area (Å²) in [4.78, 5) is 0. The highest BCUT2D eigenvalue weighted by Crippen LogP contribution is 2.27. The van der Waals surface area contributed by atoms with Gasteiger partial charge in [-0.05, 0) is 29.6 Å². The molecule has 0 fully saturated rings. The summed E-state index contributed by atoms with van der Waals surface area (Å²) >= 11 is 0. The van der Waals surface area contributed by atoms with Crippen molar-refractivity contribution in [2.24, 2.45) is 41.4 Å². The first-order valence-electron chi connectivity index (χ1n) is 25.7. The van der Waals surface area contributed by atoms with E-state index in [0.29, 0.717) is 19.3 Å². The van der Waals surface area contributed by atoms with Crippen LogP contribution in [0.25, 0.3) is 0 Å². The van der Waals surface area contributed by atoms with Gasteiger partial charge in [-0.15, -0.1) is 0 Å². The molecule has 0 rings (SSSR count). The molecule has 0 aromatic rings. The van der Waals surface area contributed by atoms with E-state index < -0.39 is 55.7 Å². The second-order valence-electron chi connectivity index (χ2n) is 16.7. The van der Waals surface area contributed by atoms with Gasteiger partial charge in [0.05, 0.1) is 0 Å². The molecule has 0 heterocycles. The van der Waals surface area contributed by atoms with Crippen molar-refractivity contribution < 1.29 is 58.2 Å². The van der Waals surface area contributed by atoms with Crippen molar-refractivity contribution in [3.63, 3.8) is 0 Å². The summed E-state index contributed by atoms with van der Waals surface area (Å²) in [6.45, 7) is 49.8. The van der Waals surface area contributed by atoms with Crippen LogP contribution in [0, 0.1) is 41.4 Å². The lowest BCUT2D eigenvalue weighted by Crippen LogP contribution is -2.15. The first-order chi connectivity index (χ1) is 29.4. The number of rotatable bonds is 9. The molecular formula is C51H114F12. The van der Waals surface area contributed by atoms with E-state index in [-0.39, 0.29) is 17.7 Å². The van der Waals surface area contributed by atoms with Crippen molar-refractivity contribution in [1.29, 1.82) is 0 Å². The van der Waals surface area contributed by atoms with Crippen molar-refractivity contribution in [3.05, 3.63) is 0 Å². The van der Waals surface area contributed by atoms with Gasteiger partial charge in [-0.1, -0.05) is 258 Å². The average Bonchev–Trinajstić information content (AvgIpc) is 3.11. The van der Waals surface area contributed by atoms with E-state index in [1.807, 2.05) is 41.5 Å². The van der Waals surface area contributed by atoms with Gasteiger partial charge in [-0.3, -0.25) is 0 Å². The first kappa shape index (κ1) is 79.3. The topological polar surface area (TPSA) is 0 Å². The Morgan fingerprint density at radius 3 is 0.603 bits per heavy atom. The lowest BCUT2D eigenvalue weighted by atomic mass is 10.1. The Kier molecular flexibility index (Phi) is 85.2. The minimum absolute atomic E-state index is 0.231. The third-order valence-corrected chi connectivity index (χ3v) is 6.15. The number of hydrogen-bond acceptors (Lipinski definition) is 0. The van der Waals surface area contributed by atoms with Crippen LogP contribution in [0.5, 0.6) is 0 Å². The van der Waals surface area contributed by atoms with E-state index in [2.05, 4.69) is 83.1 Å². The van der Waals surface area contributed by atoms with Crippen LogP contribution in [0.2, 0.25) is 0 Å². The Morgan fingerprint density at radius 2 is 0.587 bits per heavy atom. The molecule has 0 amide bonds. The van der Waals surface area contributed by atoms with Crippen LogP contribution < -0.4 is 0 Å². The van der Waals surface area contributed by atoms with Crippen molar-refractivity contribution in [3.8, 4) is 0 Å². The molecule has 402 valence electrons. The molecule has 0 nitrogen and oxygen atoms in total. The van der Waals surface area contributed by atoms with E-state index in [9.17, 15) is 52.7 Å². The zero-order chi connectivity index (χ0) is 57.9. The smallest absolute Gasteiger partial charge is 0.171 e. The summed E-state index contributed by atoms with van der Waals surface area (Å²) < 4.78 is 164. The van der Waals surface area contributed by atoms with E-state index >= 15 is 0 Å². The van der Waals surface area contributed by atoms with Gasteiger partial charge in [0.25, 0.3) is 0 Å². The zero-order valence-electron chi connectivity index (χ0n) is 50.4. The van der Waals surface area contributed by atoms with E-state index in [1.165, 1.54) is 44.9 Å².